The van der Waals surface area contributed by atoms with Gasteiger partial charge in [0.1, 0.15) is 5.69 Å². The van der Waals surface area contributed by atoms with Crippen LogP contribution in [0.25, 0.3) is 0 Å². The highest BCUT2D eigenvalue weighted by Gasteiger charge is 2.11. The Bertz CT molecular complexity index is 341. The van der Waals surface area contributed by atoms with E-state index in [1.807, 2.05) is 19.1 Å². The number of aromatic nitrogens is 1. The molecule has 3 nitrogen and oxygen atoms in total. The topological polar surface area (TPSA) is 33.2 Å². The number of carbonyl (C=O) groups is 1. The predicted molar refractivity (Wildman–Crippen MR) is 64.3 cm³/mol. The first kappa shape index (κ1) is 12.2. The Balaban J connectivity index is 2.67. The molecule has 1 amide bonds. The summed E-state index contributed by atoms with van der Waals surface area (Å²) in [4.78, 5) is 17.7. The summed E-state index contributed by atoms with van der Waals surface area (Å²) in [5.74, 6) is -0.0142. The fraction of sp³-hybridized carbons (Fsp3) is 0.455. The van der Waals surface area contributed by atoms with Gasteiger partial charge in [0.2, 0.25) is 0 Å². The lowest BCUT2D eigenvalue weighted by Crippen LogP contribution is -2.28. The van der Waals surface area contributed by atoms with Crippen LogP contribution in [0.2, 0.25) is 0 Å². The number of pyridine rings is 1. The third kappa shape index (κ3) is 3.63. The number of alkyl halides is 1. The van der Waals surface area contributed by atoms with Gasteiger partial charge in [0.25, 0.3) is 5.91 Å². The van der Waals surface area contributed by atoms with Crippen molar-refractivity contribution in [2.45, 2.75) is 13.3 Å². The summed E-state index contributed by atoms with van der Waals surface area (Å²) in [5, 5.41) is 0.909. The average Bonchev–Trinajstić information content (AvgIpc) is 2.24. The Morgan fingerprint density at radius 2 is 2.27 bits per heavy atom. The van der Waals surface area contributed by atoms with Crippen molar-refractivity contribution in [2.75, 3.05) is 18.9 Å². The lowest BCUT2D eigenvalue weighted by Gasteiger charge is -2.15. The quantitative estimate of drug-likeness (QED) is 0.787. The van der Waals surface area contributed by atoms with Gasteiger partial charge in [-0.1, -0.05) is 22.0 Å². The number of halogens is 1. The normalized spacial score (nSPS) is 10.1. The Morgan fingerprint density at radius 3 is 2.87 bits per heavy atom. The number of nitrogens with zero attached hydrogens (tertiary/aromatic N) is 2. The molecule has 15 heavy (non-hydrogen) atoms. The first-order valence-electron chi connectivity index (χ1n) is 4.90. The van der Waals surface area contributed by atoms with Crippen molar-refractivity contribution in [2.24, 2.45) is 0 Å². The molecule has 0 spiro atoms. The molecular weight excluding hydrogens is 256 g/mol. The second kappa shape index (κ2) is 5.85. The Hall–Kier alpha value is -0.900. The minimum absolute atomic E-state index is 0.0142. The van der Waals surface area contributed by atoms with E-state index in [9.17, 15) is 4.79 Å². The molecule has 0 saturated carbocycles. The van der Waals surface area contributed by atoms with Crippen LogP contribution >= 0.6 is 15.9 Å². The summed E-state index contributed by atoms with van der Waals surface area (Å²) < 4.78 is 0. The van der Waals surface area contributed by atoms with Crippen LogP contribution in [0.15, 0.2) is 18.2 Å². The third-order valence-corrected chi connectivity index (χ3v) is 2.64. The summed E-state index contributed by atoms with van der Waals surface area (Å²) in [6.07, 6.45) is 0.952. The molecule has 0 aromatic carbocycles. The molecule has 0 fully saturated rings. The van der Waals surface area contributed by atoms with Gasteiger partial charge in [0, 0.05) is 24.6 Å². The highest BCUT2D eigenvalue weighted by Crippen LogP contribution is 2.03. The minimum Gasteiger partial charge on any atom is -0.340 e. The first-order chi connectivity index (χ1) is 7.15. The fourth-order valence-electron chi connectivity index (χ4n) is 1.26. The Kier molecular flexibility index (Phi) is 4.75. The number of hydrogen-bond acceptors (Lipinski definition) is 2. The van der Waals surface area contributed by atoms with Crippen LogP contribution in [-0.4, -0.2) is 34.7 Å². The molecule has 1 aromatic rings. The summed E-state index contributed by atoms with van der Waals surface area (Å²) in [6.45, 7) is 2.63. The maximum Gasteiger partial charge on any atom is 0.272 e. The van der Waals surface area contributed by atoms with Crippen molar-refractivity contribution >= 4 is 21.8 Å². The number of carbonyl (C=O) groups excluding carboxylic acids is 1. The van der Waals surface area contributed by atoms with Crippen molar-refractivity contribution in [1.29, 1.82) is 0 Å². The minimum atomic E-state index is -0.0142. The highest BCUT2D eigenvalue weighted by molar-refractivity contribution is 9.09. The van der Waals surface area contributed by atoms with Crippen molar-refractivity contribution in [1.82, 2.24) is 9.88 Å². The Labute approximate surface area is 98.6 Å². The molecule has 1 heterocycles. The van der Waals surface area contributed by atoms with Gasteiger partial charge >= 0.3 is 0 Å². The van der Waals surface area contributed by atoms with E-state index in [0.29, 0.717) is 5.69 Å². The maximum atomic E-state index is 11.9. The van der Waals surface area contributed by atoms with E-state index in [4.69, 9.17) is 0 Å². The molecule has 82 valence electrons. The molecule has 0 unspecified atom stereocenters. The van der Waals surface area contributed by atoms with Gasteiger partial charge in [-0.2, -0.15) is 0 Å². The summed E-state index contributed by atoms with van der Waals surface area (Å²) in [6, 6.07) is 5.49. The van der Waals surface area contributed by atoms with Crippen LogP contribution in [0.4, 0.5) is 0 Å². The Morgan fingerprint density at radius 1 is 1.53 bits per heavy atom. The lowest BCUT2D eigenvalue weighted by atomic mass is 10.3. The predicted octanol–water partition coefficient (Wildman–Crippen LogP) is 2.25. The zero-order valence-corrected chi connectivity index (χ0v) is 10.6. The third-order valence-electron chi connectivity index (χ3n) is 2.08. The van der Waals surface area contributed by atoms with Crippen molar-refractivity contribution in [3.05, 3.63) is 29.6 Å². The van der Waals surface area contributed by atoms with Crippen molar-refractivity contribution in [3.8, 4) is 0 Å². The van der Waals surface area contributed by atoms with Gasteiger partial charge in [-0.3, -0.25) is 4.79 Å². The monoisotopic (exact) mass is 270 g/mol. The zero-order chi connectivity index (χ0) is 11.3. The van der Waals surface area contributed by atoms with Crippen LogP contribution < -0.4 is 0 Å². The second-order valence-electron chi connectivity index (χ2n) is 3.43. The number of amides is 1. The van der Waals surface area contributed by atoms with Crippen LogP contribution in [0.3, 0.4) is 0 Å². The molecule has 4 heteroatoms. The molecule has 0 aliphatic carbocycles. The van der Waals surface area contributed by atoms with E-state index < -0.39 is 0 Å². The van der Waals surface area contributed by atoms with Crippen LogP contribution in [0.1, 0.15) is 22.6 Å². The smallest absolute Gasteiger partial charge is 0.272 e. The molecular formula is C11H15BrN2O. The van der Waals surface area contributed by atoms with Crippen LogP contribution in [0, 0.1) is 6.92 Å². The van der Waals surface area contributed by atoms with E-state index in [-0.39, 0.29) is 5.91 Å². The number of hydrogen-bond donors (Lipinski definition) is 0. The number of aryl methyl sites for hydroxylation is 1. The van der Waals surface area contributed by atoms with Crippen molar-refractivity contribution < 1.29 is 4.79 Å². The first-order valence-corrected chi connectivity index (χ1v) is 6.02. The second-order valence-corrected chi connectivity index (χ2v) is 4.23. The van der Waals surface area contributed by atoms with Crippen LogP contribution in [-0.2, 0) is 0 Å². The van der Waals surface area contributed by atoms with Gasteiger partial charge < -0.3 is 4.90 Å². The molecule has 1 aromatic heterocycles. The van der Waals surface area contributed by atoms with Gasteiger partial charge in [0.05, 0.1) is 0 Å². The molecule has 0 N–H and O–H groups in total. The van der Waals surface area contributed by atoms with E-state index in [1.54, 1.807) is 18.0 Å². The summed E-state index contributed by atoms with van der Waals surface area (Å²) in [7, 11) is 1.80. The van der Waals surface area contributed by atoms with Crippen molar-refractivity contribution in [3.63, 3.8) is 0 Å². The van der Waals surface area contributed by atoms with Gasteiger partial charge in [-0.25, -0.2) is 4.98 Å². The molecule has 0 radical (unpaired) electrons. The molecule has 0 bridgehead atoms. The fourth-order valence-corrected chi connectivity index (χ4v) is 1.51. The highest BCUT2D eigenvalue weighted by atomic mass is 79.9. The number of rotatable bonds is 4. The van der Waals surface area contributed by atoms with E-state index in [2.05, 4.69) is 20.9 Å². The van der Waals surface area contributed by atoms with E-state index >= 15 is 0 Å². The van der Waals surface area contributed by atoms with Gasteiger partial charge in [-0.15, -0.1) is 0 Å². The largest absolute Gasteiger partial charge is 0.340 e. The SMILES string of the molecule is Cc1cccc(C(=O)N(C)CCCBr)n1. The zero-order valence-electron chi connectivity index (χ0n) is 9.03. The maximum absolute atomic E-state index is 11.9. The van der Waals surface area contributed by atoms with E-state index in [0.717, 1.165) is 24.0 Å². The lowest BCUT2D eigenvalue weighted by molar-refractivity contribution is 0.0789. The van der Waals surface area contributed by atoms with E-state index in [1.165, 1.54) is 0 Å². The molecule has 1 rings (SSSR count). The molecule has 0 atom stereocenters. The molecule has 0 saturated heterocycles. The van der Waals surface area contributed by atoms with Crippen LogP contribution in [0.5, 0.6) is 0 Å². The van der Waals surface area contributed by atoms with Gasteiger partial charge in [0.15, 0.2) is 0 Å². The molecule has 0 aliphatic heterocycles. The average molecular weight is 271 g/mol. The standard InChI is InChI=1S/C11H15BrN2O/c1-9-5-3-6-10(13-9)11(15)14(2)8-4-7-12/h3,5-6H,4,7-8H2,1-2H3. The summed E-state index contributed by atoms with van der Waals surface area (Å²) >= 11 is 3.34. The summed E-state index contributed by atoms with van der Waals surface area (Å²) in [5.41, 5.74) is 1.39. The molecule has 0 aliphatic rings. The van der Waals surface area contributed by atoms with Gasteiger partial charge in [-0.05, 0) is 25.5 Å².